The van der Waals surface area contributed by atoms with Crippen LogP contribution in [0.3, 0.4) is 0 Å². The summed E-state index contributed by atoms with van der Waals surface area (Å²) in [6.45, 7) is 11.8. The molecule has 0 radical (unpaired) electrons. The molecular weight excluding hydrogens is 200 g/mol. The molecule has 0 bridgehead atoms. The van der Waals surface area contributed by atoms with E-state index in [1.54, 1.807) is 0 Å². The number of nitrogens with one attached hydrogen (secondary N) is 1. The first kappa shape index (κ1) is 11.0. The van der Waals surface area contributed by atoms with Crippen LogP contribution >= 0.6 is 0 Å². The van der Waals surface area contributed by atoms with Crippen molar-refractivity contribution in [2.45, 2.75) is 25.8 Å². The molecule has 0 aromatic carbocycles. The Labute approximate surface area is 98.5 Å². The maximum absolute atomic E-state index is 5.49. The van der Waals surface area contributed by atoms with Gasteiger partial charge in [-0.3, -0.25) is 4.90 Å². The second-order valence-electron chi connectivity index (χ2n) is 6.31. The minimum absolute atomic E-state index is 0.386. The third kappa shape index (κ3) is 1.69. The third-order valence-electron chi connectivity index (χ3n) is 5.02. The van der Waals surface area contributed by atoms with Gasteiger partial charge in [0, 0.05) is 31.8 Å². The van der Waals surface area contributed by atoms with E-state index >= 15 is 0 Å². The predicted octanol–water partition coefficient (Wildman–Crippen LogP) is 0.953. The summed E-state index contributed by atoms with van der Waals surface area (Å²) in [7, 11) is 0. The maximum Gasteiger partial charge on any atom is 0.0507 e. The van der Waals surface area contributed by atoms with Gasteiger partial charge in [-0.1, -0.05) is 0 Å². The van der Waals surface area contributed by atoms with E-state index in [9.17, 15) is 0 Å². The summed E-state index contributed by atoms with van der Waals surface area (Å²) in [5, 5.41) is 3.54. The summed E-state index contributed by atoms with van der Waals surface area (Å²) < 4.78 is 5.49. The van der Waals surface area contributed by atoms with Gasteiger partial charge in [-0.25, -0.2) is 0 Å². The minimum atomic E-state index is 0.386. The van der Waals surface area contributed by atoms with Gasteiger partial charge in [0.2, 0.25) is 0 Å². The van der Waals surface area contributed by atoms with Crippen molar-refractivity contribution in [2.24, 2.45) is 17.8 Å². The van der Waals surface area contributed by atoms with Crippen molar-refractivity contribution in [3.63, 3.8) is 0 Å². The van der Waals surface area contributed by atoms with Gasteiger partial charge in [-0.15, -0.1) is 0 Å². The molecule has 3 rings (SSSR count). The Morgan fingerprint density at radius 2 is 2.25 bits per heavy atom. The average Bonchev–Trinajstić information content (AvgIpc) is 2.89. The maximum atomic E-state index is 5.49. The van der Waals surface area contributed by atoms with Crippen LogP contribution in [0.4, 0.5) is 0 Å². The lowest BCUT2D eigenvalue weighted by atomic mass is 9.84. The second-order valence-corrected chi connectivity index (χ2v) is 6.31. The van der Waals surface area contributed by atoms with E-state index in [4.69, 9.17) is 4.74 Å². The van der Waals surface area contributed by atoms with Gasteiger partial charge in [0.15, 0.2) is 0 Å². The number of hydrogen-bond donors (Lipinski definition) is 1. The quantitative estimate of drug-likeness (QED) is 0.756. The molecule has 0 aromatic heterocycles. The molecule has 3 heterocycles. The normalized spacial score (nSPS) is 42.8. The van der Waals surface area contributed by atoms with Crippen LogP contribution in [0.25, 0.3) is 0 Å². The van der Waals surface area contributed by atoms with E-state index in [2.05, 4.69) is 24.1 Å². The van der Waals surface area contributed by atoms with Gasteiger partial charge < -0.3 is 10.1 Å². The van der Waals surface area contributed by atoms with Crippen LogP contribution in [0.5, 0.6) is 0 Å². The van der Waals surface area contributed by atoms with Crippen molar-refractivity contribution in [1.82, 2.24) is 10.2 Å². The molecule has 3 aliphatic rings. The third-order valence-corrected chi connectivity index (χ3v) is 5.02. The molecule has 3 nitrogen and oxygen atoms in total. The van der Waals surface area contributed by atoms with E-state index in [0.717, 1.165) is 31.0 Å². The average molecular weight is 224 g/mol. The summed E-state index contributed by atoms with van der Waals surface area (Å²) >= 11 is 0. The van der Waals surface area contributed by atoms with Crippen LogP contribution < -0.4 is 5.32 Å². The molecule has 16 heavy (non-hydrogen) atoms. The van der Waals surface area contributed by atoms with Crippen molar-refractivity contribution in [1.29, 1.82) is 0 Å². The van der Waals surface area contributed by atoms with Gasteiger partial charge in [-0.05, 0) is 44.6 Å². The fourth-order valence-electron chi connectivity index (χ4n) is 3.85. The van der Waals surface area contributed by atoms with Gasteiger partial charge >= 0.3 is 0 Å². The van der Waals surface area contributed by atoms with E-state index < -0.39 is 0 Å². The number of fused-ring (bicyclic) bond motifs is 1. The van der Waals surface area contributed by atoms with Gasteiger partial charge in [0.05, 0.1) is 6.61 Å². The van der Waals surface area contributed by atoms with Crippen molar-refractivity contribution in [2.75, 3.05) is 39.4 Å². The molecular formula is C13H24N2O. The minimum Gasteiger partial charge on any atom is -0.381 e. The highest BCUT2D eigenvalue weighted by molar-refractivity contribution is 5.04. The van der Waals surface area contributed by atoms with Crippen LogP contribution in [0, 0.1) is 17.8 Å². The highest BCUT2D eigenvalue weighted by atomic mass is 16.5. The molecule has 3 unspecified atom stereocenters. The van der Waals surface area contributed by atoms with Crippen LogP contribution in [0.15, 0.2) is 0 Å². The number of rotatable bonds is 2. The van der Waals surface area contributed by atoms with Gasteiger partial charge in [0.25, 0.3) is 0 Å². The molecule has 1 N–H and O–H groups in total. The van der Waals surface area contributed by atoms with Gasteiger partial charge in [-0.2, -0.15) is 0 Å². The van der Waals surface area contributed by atoms with Crippen molar-refractivity contribution < 1.29 is 4.74 Å². The molecule has 0 spiro atoms. The van der Waals surface area contributed by atoms with E-state index in [1.165, 1.54) is 32.6 Å². The van der Waals surface area contributed by atoms with Crippen molar-refractivity contribution in [3.05, 3.63) is 0 Å². The van der Waals surface area contributed by atoms with Crippen LogP contribution in [0.2, 0.25) is 0 Å². The lowest BCUT2D eigenvalue weighted by Crippen LogP contribution is -2.46. The number of hydrogen-bond acceptors (Lipinski definition) is 3. The van der Waals surface area contributed by atoms with Crippen LogP contribution in [0.1, 0.15) is 20.3 Å². The molecule has 92 valence electrons. The molecule has 3 saturated heterocycles. The highest BCUT2D eigenvalue weighted by Gasteiger charge is 2.49. The first-order valence-corrected chi connectivity index (χ1v) is 6.71. The van der Waals surface area contributed by atoms with Crippen LogP contribution in [-0.2, 0) is 4.74 Å². The number of nitrogens with zero attached hydrogens (tertiary/aromatic N) is 1. The Morgan fingerprint density at radius 3 is 2.94 bits per heavy atom. The first-order valence-electron chi connectivity index (χ1n) is 6.71. The fourth-order valence-corrected chi connectivity index (χ4v) is 3.85. The zero-order valence-corrected chi connectivity index (χ0v) is 10.5. The Hall–Kier alpha value is -0.120. The van der Waals surface area contributed by atoms with Crippen LogP contribution in [-0.4, -0.2) is 49.8 Å². The first-order chi connectivity index (χ1) is 7.68. The molecule has 0 aliphatic carbocycles. The van der Waals surface area contributed by atoms with Crippen molar-refractivity contribution in [3.8, 4) is 0 Å². The van der Waals surface area contributed by atoms with Crippen molar-refractivity contribution >= 4 is 0 Å². The van der Waals surface area contributed by atoms with E-state index in [0.29, 0.717) is 5.54 Å². The molecule has 3 atom stereocenters. The summed E-state index contributed by atoms with van der Waals surface area (Å²) in [6.07, 6.45) is 1.26. The standard InChI is InChI=1S/C13H24N2O/c1-13(2)12-6-14-5-11(12)8-15(13)7-10-3-4-16-9-10/h10-12,14H,3-9H2,1-2H3. The monoisotopic (exact) mass is 224 g/mol. The topological polar surface area (TPSA) is 24.5 Å². The molecule has 0 amide bonds. The smallest absolute Gasteiger partial charge is 0.0507 e. The molecule has 3 fully saturated rings. The largest absolute Gasteiger partial charge is 0.381 e. The molecule has 0 saturated carbocycles. The Morgan fingerprint density at radius 1 is 1.38 bits per heavy atom. The summed E-state index contributed by atoms with van der Waals surface area (Å²) in [6, 6.07) is 0. The summed E-state index contributed by atoms with van der Waals surface area (Å²) in [4.78, 5) is 2.72. The zero-order chi connectivity index (χ0) is 11.2. The second kappa shape index (κ2) is 3.97. The van der Waals surface area contributed by atoms with Gasteiger partial charge in [0.1, 0.15) is 0 Å². The zero-order valence-electron chi connectivity index (χ0n) is 10.5. The lowest BCUT2D eigenvalue weighted by Gasteiger charge is -2.37. The SMILES string of the molecule is CC1(C)C2CNCC2CN1CC1CCOC1. The summed E-state index contributed by atoms with van der Waals surface area (Å²) in [5.74, 6) is 2.53. The molecule has 3 heteroatoms. The number of ether oxygens (including phenoxy) is 1. The fraction of sp³-hybridized carbons (Fsp3) is 1.00. The summed E-state index contributed by atoms with van der Waals surface area (Å²) in [5.41, 5.74) is 0.386. The Bertz CT molecular complexity index is 261. The van der Waals surface area contributed by atoms with E-state index in [-0.39, 0.29) is 0 Å². The van der Waals surface area contributed by atoms with E-state index in [1.807, 2.05) is 0 Å². The Balaban J connectivity index is 1.67. The highest BCUT2D eigenvalue weighted by Crippen LogP contribution is 2.41. The number of likely N-dealkylation sites (tertiary alicyclic amines) is 1. The lowest BCUT2D eigenvalue weighted by molar-refractivity contribution is 0.109. The molecule has 3 aliphatic heterocycles. The molecule has 0 aromatic rings. The Kier molecular flexibility index (Phi) is 2.73. The predicted molar refractivity (Wildman–Crippen MR) is 64.4 cm³/mol.